The number of aromatic hydroxyl groups is 2. The molecular weight excluding hydrogens is 755 g/mol. The molecule has 1 aromatic heterocycles. The average molecular weight is 808 g/mol. The zero-order valence-corrected chi connectivity index (χ0v) is 34.6. The predicted octanol–water partition coefficient (Wildman–Crippen LogP) is 6.26. The van der Waals surface area contributed by atoms with E-state index in [0.29, 0.717) is 15.3 Å². The Bertz CT molecular complexity index is 2170. The lowest BCUT2D eigenvalue weighted by atomic mass is 9.78. The number of aliphatic hydroxyl groups is 2. The number of ether oxygens (including phenoxy) is 4. The van der Waals surface area contributed by atoms with Gasteiger partial charge in [0, 0.05) is 74.2 Å². The molecule has 3 aromatic rings. The Balaban J connectivity index is 1.54. The maximum absolute atomic E-state index is 14.6. The highest BCUT2D eigenvalue weighted by Gasteiger charge is 2.50. The second kappa shape index (κ2) is 16.3. The summed E-state index contributed by atoms with van der Waals surface area (Å²) in [6, 6.07) is 0. The van der Waals surface area contributed by atoms with Gasteiger partial charge in [-0.15, -0.1) is 0 Å². The molecule has 1 fully saturated rings. The van der Waals surface area contributed by atoms with Crippen molar-refractivity contribution in [1.82, 2.24) is 4.98 Å². The highest BCUT2D eigenvalue weighted by atomic mass is 32.1. The monoisotopic (exact) mass is 807 g/mol. The van der Waals surface area contributed by atoms with Crippen LogP contribution in [0.25, 0.3) is 21.0 Å². The standard InChI is InChI=1S/C42H53N3O11S/c1-19-13-12-14-20(2)40(52)43-31-35(50)28-27(30-38(31)57-41(44-30)45-16-10-11-17-45)29-37(24(6)34(28)49)56-42(8,39(29)51)54-18-15-26(53-9)21(3)36(55-25(7)46)23(5)33(48)22(4)32(19)47/h12-15,18-19,21-23,26,32-33,36,47-50H,10-11,16-17H2,1-9H3,(H,43,52)/b13-12+,18-15+,20-14-/t19-,21-,22-,23-,26+,32+,33+,36+,42+/m1/s1. The summed E-state index contributed by atoms with van der Waals surface area (Å²) < 4.78 is 24.3. The van der Waals surface area contributed by atoms with E-state index in [0.717, 1.165) is 25.9 Å². The van der Waals surface area contributed by atoms with Crippen molar-refractivity contribution in [3.8, 4) is 17.2 Å². The fraction of sp³-hybridized carbons (Fsp3) is 0.524. The van der Waals surface area contributed by atoms with Crippen molar-refractivity contribution in [2.24, 2.45) is 23.7 Å². The summed E-state index contributed by atoms with van der Waals surface area (Å²) in [5.41, 5.74) is 0.824. The normalized spacial score (nSPS) is 32.2. The minimum absolute atomic E-state index is 0.0344. The Hall–Kier alpha value is -4.70. The third-order valence-electron chi connectivity index (χ3n) is 11.7. The molecule has 3 aliphatic rings. The summed E-state index contributed by atoms with van der Waals surface area (Å²) in [6.45, 7) is 14.4. The molecule has 308 valence electrons. The molecule has 15 heteroatoms. The Morgan fingerprint density at radius 1 is 1.00 bits per heavy atom. The lowest BCUT2D eigenvalue weighted by molar-refractivity contribution is -0.160. The topological polar surface area (TPSA) is 197 Å². The molecule has 0 spiro atoms. The van der Waals surface area contributed by atoms with Gasteiger partial charge in [0.2, 0.25) is 0 Å². The van der Waals surface area contributed by atoms with Gasteiger partial charge in [0.15, 0.2) is 10.9 Å². The van der Waals surface area contributed by atoms with Crippen molar-refractivity contribution < 1.29 is 53.8 Å². The third-order valence-corrected chi connectivity index (χ3v) is 12.9. The number of thiazole rings is 1. The number of Topliss-reactive ketones (excluding diaryl/α,β-unsaturated/α-hetero) is 1. The number of aromatic nitrogens is 1. The van der Waals surface area contributed by atoms with E-state index in [-0.39, 0.29) is 44.7 Å². The number of ketones is 1. The van der Waals surface area contributed by atoms with E-state index in [1.165, 1.54) is 38.6 Å². The summed E-state index contributed by atoms with van der Waals surface area (Å²) >= 11 is 1.26. The molecule has 1 saturated heterocycles. The van der Waals surface area contributed by atoms with Crippen LogP contribution in [0.4, 0.5) is 10.8 Å². The van der Waals surface area contributed by atoms with Gasteiger partial charge in [-0.25, -0.2) is 4.98 Å². The molecule has 5 N–H and O–H groups in total. The summed E-state index contributed by atoms with van der Waals surface area (Å²) in [7, 11) is 1.47. The number of allylic oxidation sites excluding steroid dienone is 2. The van der Waals surface area contributed by atoms with Gasteiger partial charge < -0.3 is 49.6 Å². The van der Waals surface area contributed by atoms with Crippen molar-refractivity contribution in [3.05, 3.63) is 47.3 Å². The van der Waals surface area contributed by atoms with Crippen LogP contribution in [-0.2, 0) is 23.8 Å². The highest BCUT2D eigenvalue weighted by molar-refractivity contribution is 7.23. The van der Waals surface area contributed by atoms with Gasteiger partial charge >= 0.3 is 11.8 Å². The van der Waals surface area contributed by atoms with Crippen LogP contribution < -0.4 is 15.0 Å². The van der Waals surface area contributed by atoms with Crippen LogP contribution in [0, 0.1) is 30.6 Å². The van der Waals surface area contributed by atoms with Crippen LogP contribution >= 0.6 is 11.3 Å². The van der Waals surface area contributed by atoms with Crippen molar-refractivity contribution >= 4 is 60.8 Å². The van der Waals surface area contributed by atoms with Crippen molar-refractivity contribution in [3.63, 3.8) is 0 Å². The molecule has 2 aromatic carbocycles. The van der Waals surface area contributed by atoms with Crippen LogP contribution in [0.1, 0.15) is 77.2 Å². The summed E-state index contributed by atoms with van der Waals surface area (Å²) in [5.74, 6) is -6.71. The minimum atomic E-state index is -1.93. The molecule has 3 aliphatic heterocycles. The number of anilines is 2. The van der Waals surface area contributed by atoms with E-state index in [2.05, 4.69) is 10.2 Å². The number of phenols is 2. The second-order valence-corrected chi connectivity index (χ2v) is 16.7. The molecule has 0 unspecified atom stereocenters. The highest BCUT2D eigenvalue weighted by Crippen LogP contribution is 2.55. The number of esters is 1. The SMILES string of the molecule is CO[C@H]1/C=C/O[C@@]2(C)Oc3c(C)c(O)c4c(O)c(c5sc(N6CCCC6)nc5c4c3C2=O)NC(=O)/C(C)=C\C=C\[C@@H](C)[C@H](O)[C@@H](C)[C@H](O)[C@@H](C)[C@@H](OC(C)=O)[C@@H]1C. The second-order valence-electron chi connectivity index (χ2n) is 15.7. The molecule has 4 bridgehead atoms. The number of carbonyl (C=O) groups is 3. The molecule has 1 amide bonds. The minimum Gasteiger partial charge on any atom is -0.507 e. The largest absolute Gasteiger partial charge is 0.507 e. The Kier molecular flexibility index (Phi) is 12.0. The predicted molar refractivity (Wildman–Crippen MR) is 217 cm³/mol. The number of hydrogen-bond donors (Lipinski definition) is 5. The number of fused-ring (bicyclic) bond motifs is 1. The molecule has 4 heterocycles. The third kappa shape index (κ3) is 7.57. The van der Waals surface area contributed by atoms with Crippen LogP contribution in [0.2, 0.25) is 0 Å². The van der Waals surface area contributed by atoms with Crippen molar-refractivity contribution in [2.45, 2.75) is 98.4 Å². The van der Waals surface area contributed by atoms with Crippen LogP contribution in [0.15, 0.2) is 36.1 Å². The van der Waals surface area contributed by atoms with E-state index in [1.54, 1.807) is 65.8 Å². The van der Waals surface area contributed by atoms with Crippen molar-refractivity contribution in [1.29, 1.82) is 0 Å². The fourth-order valence-electron chi connectivity index (χ4n) is 8.15. The Morgan fingerprint density at radius 3 is 2.33 bits per heavy atom. The van der Waals surface area contributed by atoms with E-state index < -0.39 is 77.3 Å². The van der Waals surface area contributed by atoms with Crippen molar-refractivity contribution in [2.75, 3.05) is 30.4 Å². The number of benzene rings is 2. The number of rotatable bonds is 3. The van der Waals surface area contributed by atoms with Crippen LogP contribution in [-0.4, -0.2) is 93.5 Å². The summed E-state index contributed by atoms with van der Waals surface area (Å²) in [4.78, 5) is 47.7. The number of carbonyl (C=O) groups excluding carboxylic acids is 3. The summed E-state index contributed by atoms with van der Waals surface area (Å²) in [6.07, 6.45) is 5.94. The molecule has 0 radical (unpaired) electrons. The molecule has 14 nitrogen and oxygen atoms in total. The first kappa shape index (κ1) is 41.9. The number of hydrogen-bond acceptors (Lipinski definition) is 14. The lowest BCUT2D eigenvalue weighted by Crippen LogP contribution is -2.46. The maximum Gasteiger partial charge on any atom is 0.312 e. The number of aliphatic hydroxyl groups excluding tert-OH is 2. The maximum atomic E-state index is 14.6. The van der Waals surface area contributed by atoms with E-state index in [4.69, 9.17) is 23.9 Å². The first-order valence-corrected chi connectivity index (χ1v) is 20.1. The first-order valence-electron chi connectivity index (χ1n) is 19.3. The molecule has 9 atom stereocenters. The van der Waals surface area contributed by atoms with Gasteiger partial charge in [-0.3, -0.25) is 14.4 Å². The smallest absolute Gasteiger partial charge is 0.312 e. The number of amides is 1. The quantitative estimate of drug-likeness (QED) is 0.147. The van der Waals surface area contributed by atoms with Gasteiger partial charge in [0.1, 0.15) is 23.3 Å². The number of nitrogens with one attached hydrogen (secondary N) is 1. The first-order chi connectivity index (χ1) is 26.9. The van der Waals surface area contributed by atoms with Crippen LogP contribution in [0.5, 0.6) is 17.2 Å². The zero-order valence-electron chi connectivity index (χ0n) is 33.8. The molecular formula is C42H53N3O11S. The average Bonchev–Trinajstić information content (AvgIpc) is 3.93. The van der Waals surface area contributed by atoms with Gasteiger partial charge in [-0.2, -0.15) is 0 Å². The molecule has 0 aliphatic carbocycles. The van der Waals surface area contributed by atoms with Gasteiger partial charge in [-0.05, 0) is 32.8 Å². The lowest BCUT2D eigenvalue weighted by Gasteiger charge is -2.38. The molecule has 57 heavy (non-hydrogen) atoms. The summed E-state index contributed by atoms with van der Waals surface area (Å²) in [5, 5.41) is 50.1. The Morgan fingerprint density at radius 2 is 1.68 bits per heavy atom. The van der Waals surface area contributed by atoms with E-state index in [1.807, 2.05) is 0 Å². The van der Waals surface area contributed by atoms with Crippen LogP contribution in [0.3, 0.4) is 0 Å². The number of phenolic OH excluding ortho intramolecular Hbond substituents is 2. The molecule has 6 rings (SSSR count). The van der Waals surface area contributed by atoms with Gasteiger partial charge in [0.05, 0.1) is 45.7 Å². The van der Waals surface area contributed by atoms with Gasteiger partial charge in [-0.1, -0.05) is 57.3 Å². The number of nitrogens with zero attached hydrogens (tertiary/aromatic N) is 2. The van der Waals surface area contributed by atoms with E-state index >= 15 is 0 Å². The zero-order chi connectivity index (χ0) is 41.7. The van der Waals surface area contributed by atoms with E-state index in [9.17, 15) is 34.8 Å². The molecule has 0 saturated carbocycles. The number of methoxy groups -OCH3 is 1. The Labute approximate surface area is 335 Å². The van der Waals surface area contributed by atoms with Gasteiger partial charge in [0.25, 0.3) is 11.7 Å². The fourth-order valence-corrected chi connectivity index (χ4v) is 9.28.